The van der Waals surface area contributed by atoms with Crippen molar-refractivity contribution in [3.8, 4) is 0 Å². The second-order valence-corrected chi connectivity index (χ2v) is 5.98. The molecule has 0 aromatic carbocycles. The van der Waals surface area contributed by atoms with Gasteiger partial charge in [-0.25, -0.2) is 0 Å². The van der Waals surface area contributed by atoms with E-state index >= 15 is 0 Å². The molecule has 22 heavy (non-hydrogen) atoms. The van der Waals surface area contributed by atoms with E-state index in [9.17, 15) is 9.59 Å². The first-order valence-electron chi connectivity index (χ1n) is 8.00. The number of ether oxygens (including phenoxy) is 1. The zero-order chi connectivity index (χ0) is 15.2. The third-order valence-corrected chi connectivity index (χ3v) is 4.37. The minimum absolute atomic E-state index is 0. The SMILES string of the molecule is CNC(C)CNC(=O)C1CCCCN1C(=O)C1CCCO1.Cl. The number of amides is 2. The van der Waals surface area contributed by atoms with Gasteiger partial charge in [-0.3, -0.25) is 9.59 Å². The molecular weight excluding hydrogens is 306 g/mol. The summed E-state index contributed by atoms with van der Waals surface area (Å²) in [5, 5.41) is 6.03. The van der Waals surface area contributed by atoms with E-state index in [-0.39, 0.29) is 42.4 Å². The Morgan fingerprint density at radius 3 is 2.68 bits per heavy atom. The van der Waals surface area contributed by atoms with E-state index in [1.165, 1.54) is 0 Å². The number of piperidine rings is 1. The van der Waals surface area contributed by atoms with Crippen molar-refractivity contribution in [2.75, 3.05) is 26.7 Å². The summed E-state index contributed by atoms with van der Waals surface area (Å²) >= 11 is 0. The lowest BCUT2D eigenvalue weighted by atomic mass is 10.00. The zero-order valence-electron chi connectivity index (χ0n) is 13.5. The van der Waals surface area contributed by atoms with Gasteiger partial charge in [-0.15, -0.1) is 12.4 Å². The van der Waals surface area contributed by atoms with Gasteiger partial charge in [0.25, 0.3) is 5.91 Å². The fourth-order valence-corrected chi connectivity index (χ4v) is 2.90. The van der Waals surface area contributed by atoms with E-state index in [1.807, 2.05) is 14.0 Å². The molecule has 2 aliphatic heterocycles. The number of carbonyl (C=O) groups excluding carboxylic acids is 2. The molecule has 0 aromatic heterocycles. The minimum atomic E-state index is -0.338. The molecule has 0 aromatic rings. The Morgan fingerprint density at radius 1 is 1.27 bits per heavy atom. The van der Waals surface area contributed by atoms with Crippen molar-refractivity contribution in [1.29, 1.82) is 0 Å². The van der Waals surface area contributed by atoms with Crippen LogP contribution in [0.5, 0.6) is 0 Å². The lowest BCUT2D eigenvalue weighted by Crippen LogP contribution is -2.55. The highest BCUT2D eigenvalue weighted by atomic mass is 35.5. The number of rotatable bonds is 5. The van der Waals surface area contributed by atoms with Gasteiger partial charge in [-0.2, -0.15) is 0 Å². The lowest BCUT2D eigenvalue weighted by Gasteiger charge is -2.36. The molecule has 2 amide bonds. The molecule has 2 saturated heterocycles. The van der Waals surface area contributed by atoms with E-state index < -0.39 is 0 Å². The van der Waals surface area contributed by atoms with Crippen LogP contribution in [0.25, 0.3) is 0 Å². The van der Waals surface area contributed by atoms with Crippen molar-refractivity contribution in [2.45, 2.75) is 57.2 Å². The van der Waals surface area contributed by atoms with Crippen LogP contribution >= 0.6 is 12.4 Å². The molecule has 2 N–H and O–H groups in total. The number of carbonyl (C=O) groups is 2. The zero-order valence-corrected chi connectivity index (χ0v) is 14.3. The highest BCUT2D eigenvalue weighted by molar-refractivity contribution is 5.89. The maximum Gasteiger partial charge on any atom is 0.252 e. The number of likely N-dealkylation sites (N-methyl/N-ethyl adjacent to an activating group) is 1. The first kappa shape index (κ1) is 19.2. The standard InChI is InChI=1S/C15H27N3O3.ClH/c1-11(16-2)10-17-14(19)12-6-3-4-8-18(12)15(20)13-7-5-9-21-13;/h11-13,16H,3-10H2,1-2H3,(H,17,19);1H. The predicted octanol–water partition coefficient (Wildman–Crippen LogP) is 0.692. The van der Waals surface area contributed by atoms with Crippen LogP contribution in [0.3, 0.4) is 0 Å². The second-order valence-electron chi connectivity index (χ2n) is 5.98. The van der Waals surface area contributed by atoms with Crippen LogP contribution < -0.4 is 10.6 Å². The summed E-state index contributed by atoms with van der Waals surface area (Å²) in [4.78, 5) is 26.6. The number of nitrogens with one attached hydrogen (secondary N) is 2. The van der Waals surface area contributed by atoms with Gasteiger partial charge in [0.15, 0.2) is 0 Å². The Bertz CT molecular complexity index is 375. The van der Waals surface area contributed by atoms with Crippen molar-refractivity contribution < 1.29 is 14.3 Å². The molecule has 2 heterocycles. The number of likely N-dealkylation sites (tertiary alicyclic amines) is 1. The third-order valence-electron chi connectivity index (χ3n) is 4.37. The van der Waals surface area contributed by atoms with Gasteiger partial charge in [-0.05, 0) is 46.1 Å². The molecular formula is C15H28ClN3O3. The molecule has 3 atom stereocenters. The summed E-state index contributed by atoms with van der Waals surface area (Å²) in [6.07, 6.45) is 4.08. The number of hydrogen-bond acceptors (Lipinski definition) is 4. The molecule has 7 heteroatoms. The fourth-order valence-electron chi connectivity index (χ4n) is 2.90. The minimum Gasteiger partial charge on any atom is -0.368 e. The van der Waals surface area contributed by atoms with Crippen LogP contribution in [0.1, 0.15) is 39.0 Å². The maximum absolute atomic E-state index is 12.5. The van der Waals surface area contributed by atoms with E-state index in [1.54, 1.807) is 4.90 Å². The molecule has 6 nitrogen and oxygen atoms in total. The van der Waals surface area contributed by atoms with Gasteiger partial charge >= 0.3 is 0 Å². The average molecular weight is 334 g/mol. The average Bonchev–Trinajstić information content (AvgIpc) is 3.05. The van der Waals surface area contributed by atoms with Gasteiger partial charge in [0.1, 0.15) is 12.1 Å². The van der Waals surface area contributed by atoms with Crippen molar-refractivity contribution in [3.05, 3.63) is 0 Å². The van der Waals surface area contributed by atoms with Crippen LogP contribution in [-0.4, -0.2) is 61.6 Å². The molecule has 0 aliphatic carbocycles. The highest BCUT2D eigenvalue weighted by Gasteiger charge is 2.36. The molecule has 2 fully saturated rings. The van der Waals surface area contributed by atoms with Crippen LogP contribution in [0.2, 0.25) is 0 Å². The van der Waals surface area contributed by atoms with Gasteiger partial charge in [0.05, 0.1) is 0 Å². The second kappa shape index (κ2) is 9.33. The van der Waals surface area contributed by atoms with Gasteiger partial charge in [0, 0.05) is 25.7 Å². The largest absolute Gasteiger partial charge is 0.368 e. The van der Waals surface area contributed by atoms with Gasteiger partial charge < -0.3 is 20.3 Å². The summed E-state index contributed by atoms with van der Waals surface area (Å²) < 4.78 is 5.48. The molecule has 0 spiro atoms. The first-order chi connectivity index (χ1) is 10.1. The number of nitrogens with zero attached hydrogens (tertiary/aromatic N) is 1. The van der Waals surface area contributed by atoms with Crippen LogP contribution in [0, 0.1) is 0 Å². The van der Waals surface area contributed by atoms with Crippen LogP contribution in [-0.2, 0) is 14.3 Å². The van der Waals surface area contributed by atoms with E-state index in [4.69, 9.17) is 4.74 Å². The smallest absolute Gasteiger partial charge is 0.252 e. The third kappa shape index (κ3) is 4.83. The Balaban J connectivity index is 0.00000242. The van der Waals surface area contributed by atoms with Gasteiger partial charge in [-0.1, -0.05) is 0 Å². The summed E-state index contributed by atoms with van der Waals surface area (Å²) in [5.41, 5.74) is 0. The van der Waals surface area contributed by atoms with Crippen molar-refractivity contribution in [1.82, 2.24) is 15.5 Å². The molecule has 3 unspecified atom stereocenters. The Morgan fingerprint density at radius 2 is 2.05 bits per heavy atom. The maximum atomic E-state index is 12.5. The lowest BCUT2D eigenvalue weighted by molar-refractivity contribution is -0.149. The summed E-state index contributed by atoms with van der Waals surface area (Å²) in [6, 6.07) is -0.112. The molecule has 0 radical (unpaired) electrons. The number of hydrogen-bond donors (Lipinski definition) is 2. The topological polar surface area (TPSA) is 70.7 Å². The normalized spacial score (nSPS) is 26.2. The van der Waals surface area contributed by atoms with Crippen molar-refractivity contribution in [3.63, 3.8) is 0 Å². The van der Waals surface area contributed by atoms with E-state index in [0.717, 1.165) is 32.1 Å². The molecule has 0 bridgehead atoms. The van der Waals surface area contributed by atoms with E-state index in [2.05, 4.69) is 10.6 Å². The van der Waals surface area contributed by atoms with Crippen LogP contribution in [0.4, 0.5) is 0 Å². The van der Waals surface area contributed by atoms with Gasteiger partial charge in [0.2, 0.25) is 5.91 Å². The Hall–Kier alpha value is -0.850. The molecule has 0 saturated carbocycles. The highest BCUT2D eigenvalue weighted by Crippen LogP contribution is 2.22. The molecule has 2 aliphatic rings. The molecule has 128 valence electrons. The summed E-state index contributed by atoms with van der Waals surface area (Å²) in [6.45, 7) is 3.91. The monoisotopic (exact) mass is 333 g/mol. The van der Waals surface area contributed by atoms with Crippen molar-refractivity contribution in [2.24, 2.45) is 0 Å². The first-order valence-corrected chi connectivity index (χ1v) is 8.00. The quantitative estimate of drug-likeness (QED) is 0.776. The predicted molar refractivity (Wildman–Crippen MR) is 87.1 cm³/mol. The Kier molecular flexibility index (Phi) is 8.14. The van der Waals surface area contributed by atoms with E-state index in [0.29, 0.717) is 19.7 Å². The summed E-state index contributed by atoms with van der Waals surface area (Å²) in [5.74, 6) is -0.0443. The molecule has 2 rings (SSSR count). The van der Waals surface area contributed by atoms with Crippen LogP contribution in [0.15, 0.2) is 0 Å². The Labute approximate surface area is 138 Å². The van der Waals surface area contributed by atoms with Crippen molar-refractivity contribution >= 4 is 24.2 Å². The summed E-state index contributed by atoms with van der Waals surface area (Å²) in [7, 11) is 1.87. The number of halogens is 1. The fraction of sp³-hybridized carbons (Fsp3) is 0.867.